The van der Waals surface area contributed by atoms with E-state index in [0.29, 0.717) is 18.7 Å². The topological polar surface area (TPSA) is 41.1 Å². The molecule has 0 aliphatic carbocycles. The quantitative estimate of drug-likeness (QED) is 0.549. The van der Waals surface area contributed by atoms with Crippen LogP contribution >= 0.6 is 0 Å². The molecule has 90 valence electrons. The molecular formula is C14H18N2O. The fraction of sp³-hybridized carbons (Fsp3) is 0.357. The Morgan fingerprint density at radius 3 is 2.59 bits per heavy atom. The fourth-order valence-corrected chi connectivity index (χ4v) is 1.43. The maximum atomic E-state index is 11.6. The van der Waals surface area contributed by atoms with E-state index >= 15 is 0 Å². The van der Waals surface area contributed by atoms with Crippen molar-refractivity contribution in [1.29, 1.82) is 0 Å². The van der Waals surface area contributed by atoms with Gasteiger partial charge in [0.25, 0.3) is 5.91 Å². The van der Waals surface area contributed by atoms with E-state index in [0.717, 1.165) is 19.4 Å². The van der Waals surface area contributed by atoms with Crippen molar-refractivity contribution < 1.29 is 4.79 Å². The average molecular weight is 230 g/mol. The third-order valence-corrected chi connectivity index (χ3v) is 2.33. The molecule has 0 heterocycles. The first-order valence-corrected chi connectivity index (χ1v) is 5.82. The van der Waals surface area contributed by atoms with Crippen LogP contribution in [0.15, 0.2) is 30.3 Å². The molecule has 0 aliphatic heterocycles. The Labute approximate surface area is 103 Å². The van der Waals surface area contributed by atoms with Crippen LogP contribution in [0.5, 0.6) is 0 Å². The van der Waals surface area contributed by atoms with Crippen LogP contribution in [0.1, 0.15) is 23.2 Å². The Bertz CT molecular complexity index is 368. The standard InChI is InChI=1S/C14H18N2O/c1-2-10-15-11-6-7-12-16-14(17)13-8-4-3-5-9-13/h1,3-5,8-9,15H,6-7,10-12H2,(H,16,17). The van der Waals surface area contributed by atoms with Crippen LogP contribution in [0, 0.1) is 12.3 Å². The predicted octanol–water partition coefficient (Wildman–Crippen LogP) is 1.42. The highest BCUT2D eigenvalue weighted by atomic mass is 16.1. The molecule has 2 N–H and O–H groups in total. The molecule has 1 aromatic carbocycles. The fourth-order valence-electron chi connectivity index (χ4n) is 1.43. The van der Waals surface area contributed by atoms with E-state index in [9.17, 15) is 4.79 Å². The highest BCUT2D eigenvalue weighted by Gasteiger charge is 2.02. The number of benzene rings is 1. The summed E-state index contributed by atoms with van der Waals surface area (Å²) in [5.74, 6) is 2.51. The number of hydrogen-bond donors (Lipinski definition) is 2. The van der Waals surface area contributed by atoms with Gasteiger partial charge >= 0.3 is 0 Å². The van der Waals surface area contributed by atoms with Gasteiger partial charge in [0.15, 0.2) is 0 Å². The molecule has 0 unspecified atom stereocenters. The molecule has 0 saturated carbocycles. The Balaban J connectivity index is 2.07. The molecule has 1 aromatic rings. The maximum Gasteiger partial charge on any atom is 0.251 e. The van der Waals surface area contributed by atoms with Crippen molar-refractivity contribution in [2.45, 2.75) is 12.8 Å². The Hall–Kier alpha value is -1.79. The van der Waals surface area contributed by atoms with Gasteiger partial charge in [0.1, 0.15) is 0 Å². The van der Waals surface area contributed by atoms with Gasteiger partial charge in [-0.1, -0.05) is 24.1 Å². The summed E-state index contributed by atoms with van der Waals surface area (Å²) in [7, 11) is 0. The lowest BCUT2D eigenvalue weighted by Crippen LogP contribution is -2.25. The van der Waals surface area contributed by atoms with E-state index in [1.54, 1.807) is 0 Å². The molecule has 1 amide bonds. The number of carbonyl (C=O) groups is 1. The third kappa shape index (κ3) is 5.74. The SMILES string of the molecule is C#CCNCCCCNC(=O)c1ccccc1. The van der Waals surface area contributed by atoms with E-state index < -0.39 is 0 Å². The van der Waals surface area contributed by atoms with Crippen molar-refractivity contribution in [3.63, 3.8) is 0 Å². The lowest BCUT2D eigenvalue weighted by atomic mass is 10.2. The largest absolute Gasteiger partial charge is 0.352 e. The summed E-state index contributed by atoms with van der Waals surface area (Å²) in [6.45, 7) is 2.20. The molecule has 0 aliphatic rings. The van der Waals surface area contributed by atoms with Crippen molar-refractivity contribution >= 4 is 5.91 Å². The lowest BCUT2D eigenvalue weighted by molar-refractivity contribution is 0.0953. The van der Waals surface area contributed by atoms with Crippen LogP contribution in [0.3, 0.4) is 0 Å². The summed E-state index contributed by atoms with van der Waals surface area (Å²) < 4.78 is 0. The number of carbonyl (C=O) groups excluding carboxylic acids is 1. The molecule has 17 heavy (non-hydrogen) atoms. The van der Waals surface area contributed by atoms with Crippen LogP contribution in [0.2, 0.25) is 0 Å². The minimum atomic E-state index is -0.0119. The Morgan fingerprint density at radius 2 is 1.88 bits per heavy atom. The van der Waals surface area contributed by atoms with Gasteiger partial charge < -0.3 is 10.6 Å². The molecule has 0 radical (unpaired) electrons. The molecule has 0 spiro atoms. The third-order valence-electron chi connectivity index (χ3n) is 2.33. The van der Waals surface area contributed by atoms with Gasteiger partial charge in [0, 0.05) is 12.1 Å². The highest BCUT2D eigenvalue weighted by molar-refractivity contribution is 5.94. The number of amides is 1. The second-order valence-corrected chi connectivity index (χ2v) is 3.71. The zero-order chi connectivity index (χ0) is 12.3. The van der Waals surface area contributed by atoms with Crippen molar-refractivity contribution in [2.75, 3.05) is 19.6 Å². The van der Waals surface area contributed by atoms with E-state index in [-0.39, 0.29) is 5.91 Å². The number of hydrogen-bond acceptors (Lipinski definition) is 2. The number of unbranched alkanes of at least 4 members (excludes halogenated alkanes) is 1. The van der Waals surface area contributed by atoms with Crippen LogP contribution in [0.4, 0.5) is 0 Å². The van der Waals surface area contributed by atoms with Gasteiger partial charge in [-0.05, 0) is 31.5 Å². The van der Waals surface area contributed by atoms with Crippen LogP contribution in [-0.2, 0) is 0 Å². The van der Waals surface area contributed by atoms with Crippen LogP contribution in [-0.4, -0.2) is 25.5 Å². The minimum absolute atomic E-state index is 0.0119. The Morgan fingerprint density at radius 1 is 1.18 bits per heavy atom. The van der Waals surface area contributed by atoms with E-state index in [2.05, 4.69) is 16.6 Å². The van der Waals surface area contributed by atoms with E-state index in [1.165, 1.54) is 0 Å². The molecule has 0 fully saturated rings. The molecule has 0 aromatic heterocycles. The maximum absolute atomic E-state index is 11.6. The predicted molar refractivity (Wildman–Crippen MR) is 69.7 cm³/mol. The molecule has 3 heteroatoms. The summed E-state index contributed by atoms with van der Waals surface area (Å²) >= 11 is 0. The summed E-state index contributed by atoms with van der Waals surface area (Å²) in [6, 6.07) is 9.23. The van der Waals surface area contributed by atoms with E-state index in [4.69, 9.17) is 6.42 Å². The van der Waals surface area contributed by atoms with Gasteiger partial charge in [-0.2, -0.15) is 0 Å². The number of terminal acetylenes is 1. The van der Waals surface area contributed by atoms with Gasteiger partial charge in [-0.15, -0.1) is 6.42 Å². The second kappa shape index (κ2) is 8.37. The Kier molecular flexibility index (Phi) is 6.54. The zero-order valence-corrected chi connectivity index (χ0v) is 9.91. The van der Waals surface area contributed by atoms with Crippen molar-refractivity contribution in [3.05, 3.63) is 35.9 Å². The summed E-state index contributed by atoms with van der Waals surface area (Å²) in [5.41, 5.74) is 0.706. The molecular weight excluding hydrogens is 212 g/mol. The molecule has 0 saturated heterocycles. The number of rotatable bonds is 7. The smallest absolute Gasteiger partial charge is 0.251 e. The molecule has 0 atom stereocenters. The first-order chi connectivity index (χ1) is 8.34. The molecule has 3 nitrogen and oxygen atoms in total. The monoisotopic (exact) mass is 230 g/mol. The van der Waals surface area contributed by atoms with Gasteiger partial charge in [0.05, 0.1) is 6.54 Å². The summed E-state index contributed by atoms with van der Waals surface area (Å²) in [5, 5.41) is 5.99. The summed E-state index contributed by atoms with van der Waals surface area (Å²) in [4.78, 5) is 11.6. The van der Waals surface area contributed by atoms with Gasteiger partial charge in [0.2, 0.25) is 0 Å². The number of nitrogens with one attached hydrogen (secondary N) is 2. The summed E-state index contributed by atoms with van der Waals surface area (Å²) in [6.07, 6.45) is 7.07. The van der Waals surface area contributed by atoms with Gasteiger partial charge in [-0.3, -0.25) is 4.79 Å². The highest BCUT2D eigenvalue weighted by Crippen LogP contribution is 1.97. The first-order valence-electron chi connectivity index (χ1n) is 5.82. The molecule has 0 bridgehead atoms. The van der Waals surface area contributed by atoms with E-state index in [1.807, 2.05) is 30.3 Å². The first kappa shape index (κ1) is 13.3. The second-order valence-electron chi connectivity index (χ2n) is 3.71. The molecule has 1 rings (SSSR count). The zero-order valence-electron chi connectivity index (χ0n) is 9.91. The van der Waals surface area contributed by atoms with Crippen molar-refractivity contribution in [3.8, 4) is 12.3 Å². The normalized spacial score (nSPS) is 9.59. The lowest BCUT2D eigenvalue weighted by Gasteiger charge is -2.05. The average Bonchev–Trinajstić information content (AvgIpc) is 2.38. The van der Waals surface area contributed by atoms with Crippen LogP contribution in [0.25, 0.3) is 0 Å². The minimum Gasteiger partial charge on any atom is -0.352 e. The van der Waals surface area contributed by atoms with Gasteiger partial charge in [-0.25, -0.2) is 0 Å². The van der Waals surface area contributed by atoms with Crippen LogP contribution < -0.4 is 10.6 Å². The van der Waals surface area contributed by atoms with Crippen molar-refractivity contribution in [2.24, 2.45) is 0 Å². The van der Waals surface area contributed by atoms with Crippen molar-refractivity contribution in [1.82, 2.24) is 10.6 Å².